The van der Waals surface area contributed by atoms with Crippen LogP contribution in [0, 0.1) is 10.1 Å². The molecule has 0 heterocycles. The molecule has 0 saturated carbocycles. The summed E-state index contributed by atoms with van der Waals surface area (Å²) in [7, 11) is 0. The van der Waals surface area contributed by atoms with Crippen molar-refractivity contribution >= 4 is 23.3 Å². The molecule has 10 heteroatoms. The van der Waals surface area contributed by atoms with E-state index in [2.05, 4.69) is 0 Å². The first-order valence-electron chi connectivity index (χ1n) is 5.47. The van der Waals surface area contributed by atoms with Gasteiger partial charge in [0.2, 0.25) is 0 Å². The molecule has 2 N–H and O–H groups in total. The number of non-ortho nitro benzene ring substituents is 1. The number of nitro groups is 1. The first-order valence-corrected chi connectivity index (χ1v) is 5.47. The molecule has 0 aliphatic carbocycles. The zero-order chi connectivity index (χ0) is 16.2. The van der Waals surface area contributed by atoms with Crippen LogP contribution in [0.1, 0.15) is 12.0 Å². The van der Waals surface area contributed by atoms with Gasteiger partial charge in [0, 0.05) is 23.4 Å². The smallest absolute Gasteiger partial charge is 0.323 e. The van der Waals surface area contributed by atoms with Crippen molar-refractivity contribution < 1.29 is 33.5 Å². The minimum absolute atomic E-state index is 0.375. The highest BCUT2D eigenvalue weighted by atomic mass is 19.3. The number of hydrogen-bond acceptors (Lipinski definition) is 5. The highest BCUT2D eigenvalue weighted by Crippen LogP contribution is 2.33. The van der Waals surface area contributed by atoms with E-state index in [0.29, 0.717) is 11.0 Å². The summed E-state index contributed by atoms with van der Waals surface area (Å²) in [5.41, 5.74) is -1.77. The third-order valence-electron chi connectivity index (χ3n) is 2.45. The molecule has 0 bridgehead atoms. The van der Waals surface area contributed by atoms with Crippen LogP contribution in [-0.2, 0) is 9.59 Å². The van der Waals surface area contributed by atoms with Gasteiger partial charge in [-0.3, -0.25) is 19.7 Å². The van der Waals surface area contributed by atoms with E-state index in [9.17, 15) is 28.5 Å². The Morgan fingerprint density at radius 1 is 1.24 bits per heavy atom. The van der Waals surface area contributed by atoms with E-state index in [-0.39, 0.29) is 5.69 Å². The van der Waals surface area contributed by atoms with Crippen LogP contribution in [-0.4, -0.2) is 40.2 Å². The molecule has 0 radical (unpaired) electrons. The molecule has 0 amide bonds. The van der Waals surface area contributed by atoms with Crippen molar-refractivity contribution in [2.45, 2.75) is 6.43 Å². The highest BCUT2D eigenvalue weighted by Gasteiger charge is 2.24. The van der Waals surface area contributed by atoms with E-state index in [1.807, 2.05) is 0 Å². The molecule has 0 spiro atoms. The molecule has 1 aromatic rings. The number of carboxylic acids is 2. The van der Waals surface area contributed by atoms with E-state index >= 15 is 0 Å². The van der Waals surface area contributed by atoms with Gasteiger partial charge in [0.05, 0.1) is 4.92 Å². The van der Waals surface area contributed by atoms with Gasteiger partial charge in [0.1, 0.15) is 13.1 Å². The lowest BCUT2D eigenvalue weighted by Gasteiger charge is -2.23. The van der Waals surface area contributed by atoms with Gasteiger partial charge in [-0.15, -0.1) is 0 Å². The summed E-state index contributed by atoms with van der Waals surface area (Å²) in [5, 5.41) is 28.0. The summed E-state index contributed by atoms with van der Waals surface area (Å²) in [6, 6.07) is 2.40. The van der Waals surface area contributed by atoms with Crippen LogP contribution in [0.25, 0.3) is 0 Å². The minimum atomic E-state index is -3.12. The Morgan fingerprint density at radius 2 is 1.76 bits per heavy atom. The summed E-state index contributed by atoms with van der Waals surface area (Å²) in [5.74, 6) is -2.84. The van der Waals surface area contributed by atoms with Crippen molar-refractivity contribution in [1.29, 1.82) is 0 Å². The number of carbonyl (C=O) groups is 2. The van der Waals surface area contributed by atoms with Gasteiger partial charge in [-0.2, -0.15) is 0 Å². The Hall–Kier alpha value is -2.78. The molecule has 0 aliphatic heterocycles. The van der Waals surface area contributed by atoms with Gasteiger partial charge in [0.25, 0.3) is 12.1 Å². The van der Waals surface area contributed by atoms with Gasteiger partial charge in [0.15, 0.2) is 0 Å². The van der Waals surface area contributed by atoms with Crippen molar-refractivity contribution in [1.82, 2.24) is 0 Å². The lowest BCUT2D eigenvalue weighted by Crippen LogP contribution is -2.35. The van der Waals surface area contributed by atoms with Crippen LogP contribution < -0.4 is 4.90 Å². The second-order valence-electron chi connectivity index (χ2n) is 3.94. The summed E-state index contributed by atoms with van der Waals surface area (Å²) >= 11 is 0. The van der Waals surface area contributed by atoms with E-state index < -0.39 is 47.6 Å². The van der Waals surface area contributed by atoms with Crippen LogP contribution in [0.2, 0.25) is 0 Å². The number of hydrogen-bond donors (Lipinski definition) is 2. The number of rotatable bonds is 7. The van der Waals surface area contributed by atoms with Crippen LogP contribution in [0.15, 0.2) is 18.2 Å². The first-order chi connectivity index (χ1) is 9.72. The molecule has 0 fully saturated rings. The van der Waals surface area contributed by atoms with Gasteiger partial charge in [-0.1, -0.05) is 0 Å². The number of carboxylic acid groups (broad SMARTS) is 2. The summed E-state index contributed by atoms with van der Waals surface area (Å²) in [6.45, 7) is -1.66. The van der Waals surface area contributed by atoms with Crippen molar-refractivity contribution in [3.05, 3.63) is 33.9 Å². The van der Waals surface area contributed by atoms with Crippen molar-refractivity contribution in [2.24, 2.45) is 0 Å². The standard InChI is InChI=1S/C11H10F2N2O6/c12-11(13)7-3-6(15(20)21)1-2-8(7)14(4-9(16)17)5-10(18)19/h1-3,11H,4-5H2,(H,16,17)(H,18,19). The summed E-state index contributed by atoms with van der Waals surface area (Å²) in [6.07, 6.45) is -3.12. The molecular formula is C11H10F2N2O6. The zero-order valence-electron chi connectivity index (χ0n) is 10.4. The normalized spacial score (nSPS) is 10.4. The number of alkyl halides is 2. The number of halogens is 2. The number of anilines is 1. The number of nitrogens with zero attached hydrogens (tertiary/aromatic N) is 2. The quantitative estimate of drug-likeness (QED) is 0.578. The summed E-state index contributed by atoms with van der Waals surface area (Å²) < 4.78 is 25.9. The average Bonchev–Trinajstić information content (AvgIpc) is 2.35. The molecule has 1 aromatic carbocycles. The predicted molar refractivity (Wildman–Crippen MR) is 65.5 cm³/mol. The molecule has 0 atom stereocenters. The third-order valence-corrected chi connectivity index (χ3v) is 2.45. The Morgan fingerprint density at radius 3 is 2.14 bits per heavy atom. The largest absolute Gasteiger partial charge is 0.480 e. The SMILES string of the molecule is O=C(O)CN(CC(=O)O)c1ccc([N+](=O)[O-])cc1C(F)F. The number of nitro benzene ring substituents is 1. The Labute approximate surface area is 116 Å². The maximum atomic E-state index is 13.0. The van der Waals surface area contributed by atoms with Crippen molar-refractivity contribution in [2.75, 3.05) is 18.0 Å². The Bertz CT molecular complexity index is 562. The van der Waals surface area contributed by atoms with Crippen LogP contribution in [0.5, 0.6) is 0 Å². The molecule has 0 aromatic heterocycles. The second-order valence-corrected chi connectivity index (χ2v) is 3.94. The predicted octanol–water partition coefficient (Wildman–Crippen LogP) is 1.51. The van der Waals surface area contributed by atoms with E-state index in [1.165, 1.54) is 0 Å². The molecule has 0 unspecified atom stereocenters. The second kappa shape index (κ2) is 6.59. The minimum Gasteiger partial charge on any atom is -0.480 e. The Balaban J connectivity index is 3.31. The number of aliphatic carboxylic acids is 2. The van der Waals surface area contributed by atoms with E-state index in [0.717, 1.165) is 12.1 Å². The lowest BCUT2D eigenvalue weighted by molar-refractivity contribution is -0.385. The van der Waals surface area contributed by atoms with Crippen molar-refractivity contribution in [3.63, 3.8) is 0 Å². The average molecular weight is 304 g/mol. The highest BCUT2D eigenvalue weighted by molar-refractivity contribution is 5.80. The van der Waals surface area contributed by atoms with Gasteiger partial charge < -0.3 is 15.1 Å². The molecule has 0 saturated heterocycles. The van der Waals surface area contributed by atoms with Crippen LogP contribution in [0.4, 0.5) is 20.2 Å². The monoisotopic (exact) mass is 304 g/mol. The van der Waals surface area contributed by atoms with E-state index in [1.54, 1.807) is 0 Å². The van der Waals surface area contributed by atoms with Gasteiger partial charge in [-0.05, 0) is 6.07 Å². The fourth-order valence-electron chi connectivity index (χ4n) is 1.67. The van der Waals surface area contributed by atoms with E-state index in [4.69, 9.17) is 10.2 Å². The zero-order valence-corrected chi connectivity index (χ0v) is 10.4. The third kappa shape index (κ3) is 4.37. The summed E-state index contributed by atoms with van der Waals surface area (Å²) in [4.78, 5) is 31.8. The number of benzene rings is 1. The van der Waals surface area contributed by atoms with Gasteiger partial charge >= 0.3 is 11.9 Å². The van der Waals surface area contributed by atoms with Gasteiger partial charge in [-0.25, -0.2) is 8.78 Å². The molecular weight excluding hydrogens is 294 g/mol. The van der Waals surface area contributed by atoms with Crippen LogP contribution in [0.3, 0.4) is 0 Å². The first kappa shape index (κ1) is 16.3. The fourth-order valence-corrected chi connectivity index (χ4v) is 1.67. The molecule has 0 aliphatic rings. The van der Waals surface area contributed by atoms with Crippen molar-refractivity contribution in [3.8, 4) is 0 Å². The molecule has 1 rings (SSSR count). The van der Waals surface area contributed by atoms with Crippen LogP contribution >= 0.6 is 0 Å². The fraction of sp³-hybridized carbons (Fsp3) is 0.273. The topological polar surface area (TPSA) is 121 Å². The Kier molecular flexibility index (Phi) is 5.11. The molecule has 8 nitrogen and oxygen atoms in total. The maximum absolute atomic E-state index is 13.0. The maximum Gasteiger partial charge on any atom is 0.323 e. The molecule has 114 valence electrons. The molecule has 21 heavy (non-hydrogen) atoms. The lowest BCUT2D eigenvalue weighted by atomic mass is 10.1.